The number of hydrogen-bond donors (Lipinski definition) is 0. The van der Waals surface area contributed by atoms with Crippen LogP contribution in [0.25, 0.3) is 22.0 Å². The van der Waals surface area contributed by atoms with E-state index in [1.165, 1.54) is 6.07 Å². The Morgan fingerprint density at radius 3 is 2.59 bits per heavy atom. The van der Waals surface area contributed by atoms with Crippen molar-refractivity contribution in [2.75, 3.05) is 37.6 Å². The van der Waals surface area contributed by atoms with Crippen LogP contribution in [0.5, 0.6) is 0 Å². The molecule has 27 heavy (non-hydrogen) atoms. The SMILES string of the molecule is N#CCN1CCN(c2ccnc3cc(-c4cc(F)ccc4F)ccc23)CC1. The van der Waals surface area contributed by atoms with Crippen molar-refractivity contribution >= 4 is 16.6 Å². The van der Waals surface area contributed by atoms with Crippen LogP contribution in [0.15, 0.2) is 48.7 Å². The highest BCUT2D eigenvalue weighted by atomic mass is 19.1. The van der Waals surface area contributed by atoms with Crippen molar-refractivity contribution in [2.24, 2.45) is 0 Å². The Balaban J connectivity index is 1.67. The minimum Gasteiger partial charge on any atom is -0.368 e. The van der Waals surface area contributed by atoms with Gasteiger partial charge in [0.25, 0.3) is 0 Å². The maximum absolute atomic E-state index is 14.1. The lowest BCUT2D eigenvalue weighted by atomic mass is 10.0. The van der Waals surface area contributed by atoms with Crippen molar-refractivity contribution < 1.29 is 8.78 Å². The molecule has 0 spiro atoms. The number of benzene rings is 2. The van der Waals surface area contributed by atoms with Gasteiger partial charge in [-0.1, -0.05) is 12.1 Å². The van der Waals surface area contributed by atoms with Crippen LogP contribution in [0.4, 0.5) is 14.5 Å². The lowest BCUT2D eigenvalue weighted by Gasteiger charge is -2.35. The van der Waals surface area contributed by atoms with Crippen LogP contribution in [0.2, 0.25) is 0 Å². The number of anilines is 1. The van der Waals surface area contributed by atoms with Crippen LogP contribution >= 0.6 is 0 Å². The van der Waals surface area contributed by atoms with E-state index in [0.717, 1.165) is 54.9 Å². The Morgan fingerprint density at radius 2 is 1.81 bits per heavy atom. The zero-order chi connectivity index (χ0) is 18.8. The topological polar surface area (TPSA) is 43.2 Å². The van der Waals surface area contributed by atoms with Crippen molar-refractivity contribution in [3.05, 3.63) is 60.3 Å². The maximum atomic E-state index is 14.1. The van der Waals surface area contributed by atoms with Gasteiger partial charge in [0.1, 0.15) is 11.6 Å². The van der Waals surface area contributed by atoms with Crippen molar-refractivity contribution in [3.63, 3.8) is 0 Å². The number of aromatic nitrogens is 1. The molecule has 0 atom stereocenters. The van der Waals surface area contributed by atoms with Gasteiger partial charge in [0.2, 0.25) is 0 Å². The highest BCUT2D eigenvalue weighted by Crippen LogP contribution is 2.31. The number of pyridine rings is 1. The Morgan fingerprint density at radius 1 is 1.00 bits per heavy atom. The summed E-state index contributed by atoms with van der Waals surface area (Å²) < 4.78 is 27.6. The average molecular weight is 364 g/mol. The summed E-state index contributed by atoms with van der Waals surface area (Å²) in [7, 11) is 0. The van der Waals surface area contributed by atoms with Gasteiger partial charge < -0.3 is 4.90 Å². The van der Waals surface area contributed by atoms with E-state index < -0.39 is 11.6 Å². The molecule has 1 aliphatic heterocycles. The Labute approximate surface area is 156 Å². The smallest absolute Gasteiger partial charge is 0.131 e. The first-order valence-electron chi connectivity index (χ1n) is 8.84. The number of nitrogens with zero attached hydrogens (tertiary/aromatic N) is 4. The first-order chi connectivity index (χ1) is 13.2. The molecule has 1 fully saturated rings. The fourth-order valence-electron chi connectivity index (χ4n) is 3.54. The van der Waals surface area contributed by atoms with Crippen LogP contribution < -0.4 is 4.90 Å². The molecule has 1 saturated heterocycles. The lowest BCUT2D eigenvalue weighted by Crippen LogP contribution is -2.46. The van der Waals surface area contributed by atoms with Crippen molar-refractivity contribution in [1.82, 2.24) is 9.88 Å². The van der Waals surface area contributed by atoms with E-state index in [4.69, 9.17) is 5.26 Å². The third kappa shape index (κ3) is 3.46. The number of rotatable bonds is 3. The molecule has 0 unspecified atom stereocenters. The fraction of sp³-hybridized carbons (Fsp3) is 0.238. The molecule has 1 aliphatic rings. The molecule has 2 heterocycles. The summed E-state index contributed by atoms with van der Waals surface area (Å²) in [5, 5.41) is 9.81. The monoisotopic (exact) mass is 364 g/mol. The predicted molar refractivity (Wildman–Crippen MR) is 101 cm³/mol. The van der Waals surface area contributed by atoms with Crippen LogP contribution in [-0.2, 0) is 0 Å². The van der Waals surface area contributed by atoms with Crippen LogP contribution in [-0.4, -0.2) is 42.6 Å². The number of fused-ring (bicyclic) bond motifs is 1. The fourth-order valence-corrected chi connectivity index (χ4v) is 3.54. The Hall–Kier alpha value is -3.04. The zero-order valence-corrected chi connectivity index (χ0v) is 14.7. The Bertz CT molecular complexity index is 1020. The predicted octanol–water partition coefficient (Wildman–Crippen LogP) is 3.83. The second-order valence-electron chi connectivity index (χ2n) is 6.61. The minimum absolute atomic E-state index is 0.231. The molecule has 0 amide bonds. The van der Waals surface area contributed by atoms with E-state index in [1.54, 1.807) is 18.3 Å². The summed E-state index contributed by atoms with van der Waals surface area (Å²) in [6.45, 7) is 3.80. The van der Waals surface area contributed by atoms with Crippen molar-refractivity contribution in [1.29, 1.82) is 5.26 Å². The molecule has 0 aliphatic carbocycles. The van der Waals surface area contributed by atoms with Gasteiger partial charge in [0.15, 0.2) is 0 Å². The highest BCUT2D eigenvalue weighted by molar-refractivity contribution is 5.94. The van der Waals surface area contributed by atoms with Gasteiger partial charge in [-0.05, 0) is 35.9 Å². The largest absolute Gasteiger partial charge is 0.368 e. The van der Waals surface area contributed by atoms with E-state index in [1.807, 2.05) is 12.1 Å². The molecule has 4 nitrogen and oxygen atoms in total. The van der Waals surface area contributed by atoms with Gasteiger partial charge >= 0.3 is 0 Å². The van der Waals surface area contributed by atoms with E-state index in [-0.39, 0.29) is 5.56 Å². The Kier molecular flexibility index (Phi) is 4.69. The molecule has 4 rings (SSSR count). The molecule has 2 aromatic carbocycles. The van der Waals surface area contributed by atoms with Gasteiger partial charge in [-0.15, -0.1) is 0 Å². The summed E-state index contributed by atoms with van der Waals surface area (Å²) in [6, 6.07) is 13.1. The molecular weight excluding hydrogens is 346 g/mol. The summed E-state index contributed by atoms with van der Waals surface area (Å²) in [5.41, 5.74) is 2.65. The van der Waals surface area contributed by atoms with E-state index in [9.17, 15) is 8.78 Å². The lowest BCUT2D eigenvalue weighted by molar-refractivity contribution is 0.287. The third-order valence-corrected chi connectivity index (χ3v) is 4.97. The second-order valence-corrected chi connectivity index (χ2v) is 6.61. The van der Waals surface area contributed by atoms with Crippen LogP contribution in [0.1, 0.15) is 0 Å². The molecule has 0 bridgehead atoms. The average Bonchev–Trinajstić information content (AvgIpc) is 2.70. The molecule has 0 saturated carbocycles. The van der Waals surface area contributed by atoms with Gasteiger partial charge in [-0.2, -0.15) is 5.26 Å². The van der Waals surface area contributed by atoms with E-state index in [0.29, 0.717) is 12.1 Å². The maximum Gasteiger partial charge on any atom is 0.131 e. The summed E-state index contributed by atoms with van der Waals surface area (Å²) in [5.74, 6) is -0.927. The summed E-state index contributed by atoms with van der Waals surface area (Å²) in [6.07, 6.45) is 1.74. The van der Waals surface area contributed by atoms with Crippen LogP contribution in [0.3, 0.4) is 0 Å². The number of halogens is 2. The second kappa shape index (κ2) is 7.29. The molecule has 1 aromatic heterocycles. The normalized spacial score (nSPS) is 15.1. The summed E-state index contributed by atoms with van der Waals surface area (Å²) in [4.78, 5) is 8.83. The van der Waals surface area contributed by atoms with Crippen molar-refractivity contribution in [3.8, 4) is 17.2 Å². The molecule has 136 valence electrons. The zero-order valence-electron chi connectivity index (χ0n) is 14.7. The molecule has 0 N–H and O–H groups in total. The third-order valence-electron chi connectivity index (χ3n) is 4.97. The minimum atomic E-state index is -0.469. The highest BCUT2D eigenvalue weighted by Gasteiger charge is 2.19. The number of nitriles is 1. The van der Waals surface area contributed by atoms with Crippen LogP contribution in [0, 0.1) is 23.0 Å². The van der Waals surface area contributed by atoms with E-state index >= 15 is 0 Å². The first-order valence-corrected chi connectivity index (χ1v) is 8.84. The van der Waals surface area contributed by atoms with E-state index in [2.05, 4.69) is 20.9 Å². The molecule has 0 radical (unpaired) electrons. The standard InChI is InChI=1S/C21H18F2N4/c22-16-2-4-19(23)18(14-16)15-1-3-17-20(13-15)25-7-5-21(17)27-11-9-26(8-6-24)10-12-27/h1-5,7,13-14H,8-12H2. The van der Waals surface area contributed by atoms with Gasteiger partial charge in [-0.25, -0.2) is 8.78 Å². The van der Waals surface area contributed by atoms with Gasteiger partial charge in [-0.3, -0.25) is 9.88 Å². The number of hydrogen-bond acceptors (Lipinski definition) is 4. The van der Waals surface area contributed by atoms with Gasteiger partial charge in [0, 0.05) is 49.0 Å². The van der Waals surface area contributed by atoms with Gasteiger partial charge in [0.05, 0.1) is 18.1 Å². The summed E-state index contributed by atoms with van der Waals surface area (Å²) >= 11 is 0. The molecular formula is C21H18F2N4. The number of piperazine rings is 1. The molecule has 3 aromatic rings. The quantitative estimate of drug-likeness (QED) is 0.663. The molecule has 6 heteroatoms. The van der Waals surface area contributed by atoms with Crippen molar-refractivity contribution in [2.45, 2.75) is 0 Å². The first kappa shape index (κ1) is 17.4.